The lowest BCUT2D eigenvalue weighted by atomic mass is 10.1. The van der Waals surface area contributed by atoms with Gasteiger partial charge in [-0.15, -0.1) is 0 Å². The maximum Gasteiger partial charge on any atom is 0.269 e. The van der Waals surface area contributed by atoms with Crippen LogP contribution in [0, 0.1) is 10.1 Å². The van der Waals surface area contributed by atoms with Crippen LogP contribution in [0.1, 0.15) is 18.5 Å². The number of aromatic nitrogens is 2. The number of nitrogens with zero attached hydrogens (tertiary/aromatic N) is 3. The molecule has 2 rings (SSSR count). The molecule has 0 radical (unpaired) electrons. The quantitative estimate of drug-likeness (QED) is 0.664. The Morgan fingerprint density at radius 2 is 2.28 bits per heavy atom. The molecular weight excluding hydrogens is 232 g/mol. The molecule has 6 heteroatoms. The molecule has 18 heavy (non-hydrogen) atoms. The fraction of sp³-hybridized carbons (Fsp3) is 0.250. The molecule has 1 N–H and O–H groups in total. The first-order valence-corrected chi connectivity index (χ1v) is 5.56. The minimum atomic E-state index is -0.389. The van der Waals surface area contributed by atoms with Gasteiger partial charge in [-0.3, -0.25) is 14.8 Å². The summed E-state index contributed by atoms with van der Waals surface area (Å²) in [6.07, 6.45) is 3.57. The lowest BCUT2D eigenvalue weighted by Crippen LogP contribution is -2.06. The number of non-ortho nitro benzene ring substituents is 1. The van der Waals surface area contributed by atoms with Crippen LogP contribution < -0.4 is 5.32 Å². The maximum absolute atomic E-state index is 10.7. The molecule has 1 heterocycles. The van der Waals surface area contributed by atoms with Gasteiger partial charge in [0.1, 0.15) is 0 Å². The Morgan fingerprint density at radius 1 is 1.50 bits per heavy atom. The highest BCUT2D eigenvalue weighted by Crippen LogP contribution is 2.22. The van der Waals surface area contributed by atoms with Gasteiger partial charge in [-0.05, 0) is 12.5 Å². The monoisotopic (exact) mass is 246 g/mol. The first-order chi connectivity index (χ1) is 8.56. The number of nitro groups is 1. The van der Waals surface area contributed by atoms with Gasteiger partial charge in [0, 0.05) is 31.4 Å². The molecule has 0 saturated carbocycles. The summed E-state index contributed by atoms with van der Waals surface area (Å²) >= 11 is 0. The van der Waals surface area contributed by atoms with Crippen LogP contribution in [0.25, 0.3) is 0 Å². The van der Waals surface area contributed by atoms with Crippen LogP contribution in [0.5, 0.6) is 0 Å². The highest BCUT2D eigenvalue weighted by Gasteiger charge is 2.11. The molecule has 0 saturated heterocycles. The summed E-state index contributed by atoms with van der Waals surface area (Å²) < 4.78 is 1.70. The zero-order valence-electron chi connectivity index (χ0n) is 10.2. The van der Waals surface area contributed by atoms with Gasteiger partial charge in [0.25, 0.3) is 5.69 Å². The number of aryl methyl sites for hydroxylation is 1. The average Bonchev–Trinajstić information content (AvgIpc) is 2.75. The predicted molar refractivity (Wildman–Crippen MR) is 68.3 cm³/mol. The Morgan fingerprint density at radius 3 is 2.89 bits per heavy atom. The van der Waals surface area contributed by atoms with Crippen molar-refractivity contribution in [3.05, 3.63) is 52.3 Å². The summed E-state index contributed by atoms with van der Waals surface area (Å²) in [5.74, 6) is 0. The number of nitro benzene ring substituents is 1. The Kier molecular flexibility index (Phi) is 3.27. The molecule has 0 fully saturated rings. The van der Waals surface area contributed by atoms with E-state index in [-0.39, 0.29) is 16.7 Å². The number of hydrogen-bond acceptors (Lipinski definition) is 4. The summed E-state index contributed by atoms with van der Waals surface area (Å²) in [4.78, 5) is 10.3. The normalized spacial score (nSPS) is 12.1. The van der Waals surface area contributed by atoms with Gasteiger partial charge in [-0.2, -0.15) is 5.10 Å². The van der Waals surface area contributed by atoms with Crippen molar-refractivity contribution < 1.29 is 4.92 Å². The van der Waals surface area contributed by atoms with Crippen molar-refractivity contribution in [2.45, 2.75) is 13.0 Å². The van der Waals surface area contributed by atoms with E-state index in [2.05, 4.69) is 10.4 Å². The molecule has 0 aliphatic carbocycles. The standard InChI is InChI=1S/C12H14N4O2/c1-9(14-11-7-13-15(2)8-11)10-4-3-5-12(6-10)16(17)18/h3-9,14H,1-2H3. The van der Waals surface area contributed by atoms with Crippen molar-refractivity contribution in [1.29, 1.82) is 0 Å². The molecule has 1 aromatic carbocycles. The zero-order valence-corrected chi connectivity index (χ0v) is 10.2. The van der Waals surface area contributed by atoms with Crippen LogP contribution in [-0.2, 0) is 7.05 Å². The molecule has 1 atom stereocenters. The fourth-order valence-electron chi connectivity index (χ4n) is 1.74. The third-order valence-corrected chi connectivity index (χ3v) is 2.67. The van der Waals surface area contributed by atoms with E-state index in [0.717, 1.165) is 11.3 Å². The highest BCUT2D eigenvalue weighted by molar-refractivity contribution is 5.43. The van der Waals surface area contributed by atoms with Crippen molar-refractivity contribution in [3.63, 3.8) is 0 Å². The molecule has 0 aliphatic heterocycles. The van der Waals surface area contributed by atoms with E-state index in [9.17, 15) is 10.1 Å². The number of anilines is 1. The smallest absolute Gasteiger partial charge is 0.269 e. The fourth-order valence-corrected chi connectivity index (χ4v) is 1.74. The molecule has 2 aromatic rings. The number of nitrogens with one attached hydrogen (secondary N) is 1. The maximum atomic E-state index is 10.7. The number of rotatable bonds is 4. The van der Waals surface area contributed by atoms with Crippen LogP contribution >= 0.6 is 0 Å². The SMILES string of the molecule is CC(Nc1cnn(C)c1)c1cccc([N+](=O)[O-])c1. The molecule has 0 bridgehead atoms. The van der Waals surface area contributed by atoms with Crippen LogP contribution in [0.4, 0.5) is 11.4 Å². The number of hydrogen-bond donors (Lipinski definition) is 1. The van der Waals surface area contributed by atoms with Crippen LogP contribution in [0.3, 0.4) is 0 Å². The van der Waals surface area contributed by atoms with Crippen LogP contribution in [0.15, 0.2) is 36.7 Å². The van der Waals surface area contributed by atoms with E-state index in [4.69, 9.17) is 0 Å². The first kappa shape index (κ1) is 12.1. The minimum absolute atomic E-state index is 0.0194. The first-order valence-electron chi connectivity index (χ1n) is 5.56. The van der Waals surface area contributed by atoms with Crippen molar-refractivity contribution in [2.24, 2.45) is 7.05 Å². The molecule has 94 valence electrons. The summed E-state index contributed by atoms with van der Waals surface area (Å²) in [5, 5.41) is 18.0. The van der Waals surface area contributed by atoms with Crippen molar-refractivity contribution in [1.82, 2.24) is 9.78 Å². The van der Waals surface area contributed by atoms with Gasteiger partial charge < -0.3 is 5.32 Å². The van der Waals surface area contributed by atoms with E-state index >= 15 is 0 Å². The van der Waals surface area contributed by atoms with E-state index in [1.807, 2.05) is 26.2 Å². The van der Waals surface area contributed by atoms with Gasteiger partial charge in [0.15, 0.2) is 0 Å². The van der Waals surface area contributed by atoms with E-state index in [1.54, 1.807) is 23.0 Å². The number of benzene rings is 1. The third-order valence-electron chi connectivity index (χ3n) is 2.67. The molecular formula is C12H14N4O2. The van der Waals surface area contributed by atoms with Gasteiger partial charge in [0.05, 0.1) is 16.8 Å². The molecule has 1 aromatic heterocycles. The van der Waals surface area contributed by atoms with Crippen molar-refractivity contribution in [3.8, 4) is 0 Å². The Bertz CT molecular complexity index is 565. The van der Waals surface area contributed by atoms with Gasteiger partial charge in [-0.1, -0.05) is 12.1 Å². The van der Waals surface area contributed by atoms with Crippen molar-refractivity contribution >= 4 is 11.4 Å². The Hall–Kier alpha value is -2.37. The molecule has 0 spiro atoms. The van der Waals surface area contributed by atoms with Crippen LogP contribution in [-0.4, -0.2) is 14.7 Å². The summed E-state index contributed by atoms with van der Waals surface area (Å²) in [6.45, 7) is 1.95. The Labute approximate surface area is 104 Å². The van der Waals surface area contributed by atoms with E-state index in [1.165, 1.54) is 6.07 Å². The Balaban J connectivity index is 2.15. The zero-order chi connectivity index (χ0) is 13.1. The van der Waals surface area contributed by atoms with Gasteiger partial charge in [-0.25, -0.2) is 0 Å². The topological polar surface area (TPSA) is 73.0 Å². The summed E-state index contributed by atoms with van der Waals surface area (Å²) in [7, 11) is 1.84. The van der Waals surface area contributed by atoms with Gasteiger partial charge in [0.2, 0.25) is 0 Å². The second-order valence-corrected chi connectivity index (χ2v) is 4.12. The molecule has 6 nitrogen and oxygen atoms in total. The predicted octanol–water partition coefficient (Wildman–Crippen LogP) is 2.50. The van der Waals surface area contributed by atoms with E-state index < -0.39 is 0 Å². The lowest BCUT2D eigenvalue weighted by molar-refractivity contribution is -0.384. The molecule has 1 unspecified atom stereocenters. The molecule has 0 aliphatic rings. The second-order valence-electron chi connectivity index (χ2n) is 4.12. The summed E-state index contributed by atoms with van der Waals surface area (Å²) in [6, 6.07) is 6.60. The second kappa shape index (κ2) is 4.87. The van der Waals surface area contributed by atoms with Crippen molar-refractivity contribution in [2.75, 3.05) is 5.32 Å². The van der Waals surface area contributed by atoms with Gasteiger partial charge >= 0.3 is 0 Å². The largest absolute Gasteiger partial charge is 0.376 e. The van der Waals surface area contributed by atoms with Crippen LogP contribution in [0.2, 0.25) is 0 Å². The highest BCUT2D eigenvalue weighted by atomic mass is 16.6. The lowest BCUT2D eigenvalue weighted by Gasteiger charge is -2.13. The minimum Gasteiger partial charge on any atom is -0.376 e. The third kappa shape index (κ3) is 2.65. The summed E-state index contributed by atoms with van der Waals surface area (Å²) in [5.41, 5.74) is 1.86. The molecule has 0 amide bonds. The average molecular weight is 246 g/mol. The van der Waals surface area contributed by atoms with E-state index in [0.29, 0.717) is 0 Å².